The minimum Gasteiger partial charge on any atom is -0.330 e. The van der Waals surface area contributed by atoms with E-state index in [4.69, 9.17) is 0 Å². The predicted molar refractivity (Wildman–Crippen MR) is 68.0 cm³/mol. The molecule has 1 amide bonds. The van der Waals surface area contributed by atoms with E-state index in [0.717, 1.165) is 28.6 Å². The van der Waals surface area contributed by atoms with E-state index in [1.54, 1.807) is 0 Å². The largest absolute Gasteiger partial charge is 0.330 e. The molecule has 1 aliphatic heterocycles. The van der Waals surface area contributed by atoms with E-state index < -0.39 is 5.41 Å². The van der Waals surface area contributed by atoms with Crippen molar-refractivity contribution in [3.63, 3.8) is 0 Å². The summed E-state index contributed by atoms with van der Waals surface area (Å²) in [4.78, 5) is 12.0. The summed E-state index contributed by atoms with van der Waals surface area (Å²) in [5.74, 6) is 0.0473. The van der Waals surface area contributed by atoms with Gasteiger partial charge in [-0.15, -0.1) is 0 Å². The maximum absolute atomic E-state index is 12.0. The highest BCUT2D eigenvalue weighted by Gasteiger charge is 2.38. The molecular weight excluding hydrogens is 266 g/mol. The van der Waals surface area contributed by atoms with E-state index in [1.807, 2.05) is 31.2 Å². The molecule has 1 saturated heterocycles. The van der Waals surface area contributed by atoms with Crippen molar-refractivity contribution >= 4 is 21.8 Å². The average Bonchev–Trinajstić information content (AvgIpc) is 2.25. The summed E-state index contributed by atoms with van der Waals surface area (Å²) in [6.45, 7) is 5.78. The van der Waals surface area contributed by atoms with Crippen LogP contribution in [0, 0.1) is 0 Å². The third-order valence-corrected chi connectivity index (χ3v) is 3.73. The van der Waals surface area contributed by atoms with E-state index >= 15 is 0 Å². The van der Waals surface area contributed by atoms with Crippen LogP contribution in [0.4, 0.5) is 0 Å². The first-order chi connectivity index (χ1) is 7.52. The van der Waals surface area contributed by atoms with Crippen LogP contribution in [0.3, 0.4) is 0 Å². The first-order valence-corrected chi connectivity index (χ1v) is 6.07. The Morgan fingerprint density at radius 3 is 2.56 bits per heavy atom. The summed E-state index contributed by atoms with van der Waals surface area (Å²) in [5.41, 5.74) is 1.45. The van der Waals surface area contributed by atoms with Crippen LogP contribution in [0.15, 0.2) is 41.0 Å². The second-order valence-electron chi connectivity index (χ2n) is 4.40. The van der Waals surface area contributed by atoms with E-state index in [0.29, 0.717) is 0 Å². The molecule has 0 spiro atoms. The predicted octanol–water partition coefficient (Wildman–Crippen LogP) is 3.13. The number of allylic oxidation sites excluding steroid dienone is 1. The van der Waals surface area contributed by atoms with Crippen LogP contribution in [-0.4, -0.2) is 5.91 Å². The highest BCUT2D eigenvalue weighted by atomic mass is 79.9. The zero-order valence-corrected chi connectivity index (χ0v) is 10.8. The second kappa shape index (κ2) is 4.06. The molecule has 16 heavy (non-hydrogen) atoms. The molecule has 0 saturated carbocycles. The Morgan fingerprint density at radius 2 is 2.00 bits per heavy atom. The molecule has 1 aliphatic rings. The molecular formula is C13H14BrNO. The average molecular weight is 280 g/mol. The van der Waals surface area contributed by atoms with Crippen molar-refractivity contribution in [1.29, 1.82) is 0 Å². The molecule has 84 valence electrons. The molecule has 1 heterocycles. The fourth-order valence-electron chi connectivity index (χ4n) is 1.97. The smallest absolute Gasteiger partial charge is 0.234 e. The number of carbonyl (C=O) groups excluding carboxylic acids is 1. The lowest BCUT2D eigenvalue weighted by molar-refractivity contribution is -0.126. The lowest BCUT2D eigenvalue weighted by Crippen LogP contribution is -2.45. The van der Waals surface area contributed by atoms with Crippen LogP contribution in [0.25, 0.3) is 0 Å². The van der Waals surface area contributed by atoms with Gasteiger partial charge < -0.3 is 5.32 Å². The van der Waals surface area contributed by atoms with Gasteiger partial charge in [0.15, 0.2) is 0 Å². The molecule has 1 fully saturated rings. The molecule has 1 aromatic carbocycles. The third-order valence-electron chi connectivity index (χ3n) is 3.20. The van der Waals surface area contributed by atoms with Crippen molar-refractivity contribution in [2.24, 2.45) is 0 Å². The van der Waals surface area contributed by atoms with Crippen molar-refractivity contribution in [2.75, 3.05) is 0 Å². The third kappa shape index (κ3) is 1.92. The van der Waals surface area contributed by atoms with Gasteiger partial charge in [0.1, 0.15) is 0 Å². The van der Waals surface area contributed by atoms with E-state index in [2.05, 4.69) is 27.8 Å². The van der Waals surface area contributed by atoms with Crippen molar-refractivity contribution in [2.45, 2.75) is 25.2 Å². The lowest BCUT2D eigenvalue weighted by atomic mass is 9.75. The first-order valence-electron chi connectivity index (χ1n) is 5.28. The first kappa shape index (κ1) is 11.4. The maximum atomic E-state index is 12.0. The molecule has 0 bridgehead atoms. The molecule has 0 aromatic heterocycles. The van der Waals surface area contributed by atoms with Crippen LogP contribution in [0.5, 0.6) is 0 Å². The highest BCUT2D eigenvalue weighted by Crippen LogP contribution is 2.34. The normalized spacial score (nSPS) is 25.4. The molecule has 1 aromatic rings. The van der Waals surface area contributed by atoms with Gasteiger partial charge in [-0.05, 0) is 37.5 Å². The zero-order chi connectivity index (χ0) is 11.8. The fourth-order valence-corrected chi connectivity index (χ4v) is 2.23. The number of piperidine rings is 1. The number of halogens is 1. The molecule has 0 radical (unpaired) electrons. The van der Waals surface area contributed by atoms with Gasteiger partial charge in [-0.1, -0.05) is 34.6 Å². The number of hydrogen-bond acceptors (Lipinski definition) is 1. The van der Waals surface area contributed by atoms with E-state index in [1.165, 1.54) is 0 Å². The number of hydrogen-bond donors (Lipinski definition) is 1. The Kier molecular flexibility index (Phi) is 2.89. The summed E-state index contributed by atoms with van der Waals surface area (Å²) in [6.07, 6.45) is 1.66. The number of benzene rings is 1. The van der Waals surface area contributed by atoms with Gasteiger partial charge in [0.25, 0.3) is 0 Å². The van der Waals surface area contributed by atoms with E-state index in [-0.39, 0.29) is 5.91 Å². The minimum atomic E-state index is -0.429. The van der Waals surface area contributed by atoms with Gasteiger partial charge in [0.05, 0.1) is 5.41 Å². The Bertz CT molecular complexity index is 438. The molecule has 2 nitrogen and oxygen atoms in total. The summed E-state index contributed by atoms with van der Waals surface area (Å²) in [5, 5.41) is 2.84. The summed E-state index contributed by atoms with van der Waals surface area (Å²) in [7, 11) is 0. The number of nitrogens with one attached hydrogen (secondary N) is 1. The monoisotopic (exact) mass is 279 g/mol. The van der Waals surface area contributed by atoms with Crippen molar-refractivity contribution in [3.05, 3.63) is 46.6 Å². The summed E-state index contributed by atoms with van der Waals surface area (Å²) >= 11 is 3.40. The number of carbonyl (C=O) groups is 1. The Labute approximate surface area is 104 Å². The lowest BCUT2D eigenvalue weighted by Gasteiger charge is -2.33. The van der Waals surface area contributed by atoms with Crippen LogP contribution in [0.2, 0.25) is 0 Å². The van der Waals surface area contributed by atoms with Crippen molar-refractivity contribution in [3.8, 4) is 0 Å². The second-order valence-corrected chi connectivity index (χ2v) is 5.31. The van der Waals surface area contributed by atoms with Gasteiger partial charge in [-0.25, -0.2) is 0 Å². The Morgan fingerprint density at radius 1 is 1.38 bits per heavy atom. The SMILES string of the molecule is C=C1CCC(C)(c2ccc(Br)cc2)C(=O)N1. The van der Waals surface area contributed by atoms with Crippen LogP contribution in [-0.2, 0) is 10.2 Å². The Balaban J connectivity index is 2.34. The highest BCUT2D eigenvalue weighted by molar-refractivity contribution is 9.10. The van der Waals surface area contributed by atoms with Gasteiger partial charge in [0.2, 0.25) is 5.91 Å². The maximum Gasteiger partial charge on any atom is 0.234 e. The van der Waals surface area contributed by atoms with Crippen LogP contribution in [0.1, 0.15) is 25.3 Å². The molecule has 3 heteroatoms. The Hall–Kier alpha value is -1.09. The number of amides is 1. The van der Waals surface area contributed by atoms with Crippen molar-refractivity contribution in [1.82, 2.24) is 5.32 Å². The van der Waals surface area contributed by atoms with Gasteiger partial charge in [-0.3, -0.25) is 4.79 Å². The summed E-state index contributed by atoms with van der Waals surface area (Å²) in [6, 6.07) is 7.93. The van der Waals surface area contributed by atoms with Crippen molar-refractivity contribution < 1.29 is 4.79 Å². The van der Waals surface area contributed by atoms with Crippen LogP contribution >= 0.6 is 15.9 Å². The summed E-state index contributed by atoms with van der Waals surface area (Å²) < 4.78 is 1.03. The fraction of sp³-hybridized carbons (Fsp3) is 0.308. The van der Waals surface area contributed by atoms with Gasteiger partial charge in [0, 0.05) is 10.2 Å². The molecule has 1 N–H and O–H groups in total. The van der Waals surface area contributed by atoms with Gasteiger partial charge in [-0.2, -0.15) is 0 Å². The molecule has 1 atom stereocenters. The number of rotatable bonds is 1. The molecule has 2 rings (SSSR count). The molecule has 0 aliphatic carbocycles. The van der Waals surface area contributed by atoms with Gasteiger partial charge >= 0.3 is 0 Å². The quantitative estimate of drug-likeness (QED) is 0.841. The van der Waals surface area contributed by atoms with E-state index in [9.17, 15) is 4.79 Å². The topological polar surface area (TPSA) is 29.1 Å². The minimum absolute atomic E-state index is 0.0473. The molecule has 1 unspecified atom stereocenters. The standard InChI is InChI=1S/C13H14BrNO/c1-9-7-8-13(2,12(16)15-9)10-3-5-11(14)6-4-10/h3-6H,1,7-8H2,2H3,(H,15,16). The van der Waals surface area contributed by atoms with Crippen LogP contribution < -0.4 is 5.32 Å². The zero-order valence-electron chi connectivity index (χ0n) is 9.22.